The highest BCUT2D eigenvalue weighted by Gasteiger charge is 2.52. The first kappa shape index (κ1) is 16.5. The van der Waals surface area contributed by atoms with Crippen molar-refractivity contribution in [3.8, 4) is 0 Å². The molecule has 7 nitrogen and oxygen atoms in total. The lowest BCUT2D eigenvalue weighted by Gasteiger charge is -2.26. The number of hydrogen-bond acceptors (Lipinski definition) is 6. The van der Waals surface area contributed by atoms with Gasteiger partial charge >= 0.3 is 5.97 Å². The van der Waals surface area contributed by atoms with E-state index in [2.05, 4.69) is 0 Å². The summed E-state index contributed by atoms with van der Waals surface area (Å²) in [4.78, 5) is 24.2. The number of Topliss-reactive ketones (excluding diaryl/α,β-unsaturated/α-hetero) is 1. The van der Waals surface area contributed by atoms with E-state index in [1.807, 2.05) is 0 Å². The van der Waals surface area contributed by atoms with Gasteiger partial charge in [-0.25, -0.2) is 12.7 Å². The molecular formula is C16H17NO6S. The van der Waals surface area contributed by atoms with Crippen molar-refractivity contribution in [2.75, 3.05) is 12.3 Å². The number of nitrogens with zero attached hydrogens (tertiary/aromatic N) is 1. The Balaban J connectivity index is 2.08. The van der Waals surface area contributed by atoms with Crippen molar-refractivity contribution in [3.63, 3.8) is 0 Å². The van der Waals surface area contributed by atoms with E-state index in [1.165, 1.54) is 6.92 Å². The van der Waals surface area contributed by atoms with E-state index in [1.54, 1.807) is 30.3 Å². The average Bonchev–Trinajstić information content (AvgIpc) is 3.00. The van der Waals surface area contributed by atoms with Crippen molar-refractivity contribution in [3.05, 3.63) is 47.5 Å². The van der Waals surface area contributed by atoms with Crippen LogP contribution in [0, 0.1) is 0 Å². The normalized spacial score (nSPS) is 25.8. The SMILES string of the molecule is CC(=O)OC1=C(N2CCCS2(=O)=O)OC(C)(c2ccccc2)C1=O. The fraction of sp³-hybridized carbons (Fsp3) is 0.375. The molecule has 0 amide bonds. The van der Waals surface area contributed by atoms with Crippen LogP contribution in [-0.2, 0) is 34.7 Å². The van der Waals surface area contributed by atoms with Crippen LogP contribution < -0.4 is 0 Å². The van der Waals surface area contributed by atoms with Crippen LogP contribution in [0.2, 0.25) is 0 Å². The average molecular weight is 351 g/mol. The molecular weight excluding hydrogens is 334 g/mol. The summed E-state index contributed by atoms with van der Waals surface area (Å²) in [6.45, 7) is 2.86. The summed E-state index contributed by atoms with van der Waals surface area (Å²) in [5.41, 5.74) is -0.898. The molecule has 0 spiro atoms. The smallest absolute Gasteiger partial charge is 0.308 e. The van der Waals surface area contributed by atoms with E-state index in [0.717, 1.165) is 11.2 Å². The van der Waals surface area contributed by atoms with Gasteiger partial charge in [-0.2, -0.15) is 0 Å². The van der Waals surface area contributed by atoms with E-state index in [0.29, 0.717) is 12.0 Å². The summed E-state index contributed by atoms with van der Waals surface area (Å²) in [6, 6.07) is 8.68. The Morgan fingerprint density at radius 1 is 1.29 bits per heavy atom. The Hall–Kier alpha value is -2.35. The zero-order valence-electron chi connectivity index (χ0n) is 13.3. The van der Waals surface area contributed by atoms with Crippen LogP contribution in [0.5, 0.6) is 0 Å². The third-order valence-electron chi connectivity index (χ3n) is 4.03. The minimum Gasteiger partial charge on any atom is -0.456 e. The summed E-state index contributed by atoms with van der Waals surface area (Å²) in [5.74, 6) is -1.91. The van der Waals surface area contributed by atoms with E-state index in [4.69, 9.17) is 9.47 Å². The quantitative estimate of drug-likeness (QED) is 0.762. The maximum Gasteiger partial charge on any atom is 0.308 e. The van der Waals surface area contributed by atoms with Crippen molar-refractivity contribution in [2.24, 2.45) is 0 Å². The van der Waals surface area contributed by atoms with Gasteiger partial charge in [0.15, 0.2) is 5.60 Å². The minimum absolute atomic E-state index is 0.0382. The Morgan fingerprint density at radius 2 is 1.96 bits per heavy atom. The molecule has 1 saturated heterocycles. The van der Waals surface area contributed by atoms with Gasteiger partial charge in [0, 0.05) is 19.0 Å². The summed E-state index contributed by atoms with van der Waals surface area (Å²) in [7, 11) is -3.59. The maximum absolute atomic E-state index is 12.9. The van der Waals surface area contributed by atoms with Gasteiger partial charge in [0.25, 0.3) is 11.7 Å². The molecule has 0 radical (unpaired) electrons. The molecule has 3 rings (SSSR count). The molecule has 0 aliphatic carbocycles. The summed E-state index contributed by atoms with van der Waals surface area (Å²) < 4.78 is 36.2. The van der Waals surface area contributed by atoms with Gasteiger partial charge in [-0.05, 0) is 13.3 Å². The molecule has 24 heavy (non-hydrogen) atoms. The summed E-state index contributed by atoms with van der Waals surface area (Å²) in [5, 5.41) is 0. The lowest BCUT2D eigenvalue weighted by Crippen LogP contribution is -2.32. The Kier molecular flexibility index (Phi) is 3.87. The van der Waals surface area contributed by atoms with Crippen molar-refractivity contribution in [1.82, 2.24) is 4.31 Å². The third kappa shape index (κ3) is 2.56. The number of hydrogen-bond donors (Lipinski definition) is 0. The second-order valence-electron chi connectivity index (χ2n) is 5.80. The van der Waals surface area contributed by atoms with E-state index in [-0.39, 0.29) is 23.9 Å². The van der Waals surface area contributed by atoms with Crippen LogP contribution in [0.15, 0.2) is 42.0 Å². The Morgan fingerprint density at radius 3 is 2.50 bits per heavy atom. The van der Waals surface area contributed by atoms with Gasteiger partial charge in [-0.15, -0.1) is 0 Å². The van der Waals surface area contributed by atoms with Gasteiger partial charge in [-0.1, -0.05) is 30.3 Å². The second-order valence-corrected chi connectivity index (χ2v) is 7.81. The van der Waals surface area contributed by atoms with Gasteiger partial charge in [0.05, 0.1) is 5.75 Å². The summed E-state index contributed by atoms with van der Waals surface area (Å²) >= 11 is 0. The Labute approximate surface area is 139 Å². The fourth-order valence-electron chi connectivity index (χ4n) is 2.81. The molecule has 8 heteroatoms. The van der Waals surface area contributed by atoms with Crippen LogP contribution in [0.1, 0.15) is 25.8 Å². The molecule has 0 saturated carbocycles. The molecule has 1 fully saturated rings. The molecule has 0 N–H and O–H groups in total. The van der Waals surface area contributed by atoms with Gasteiger partial charge in [0.1, 0.15) is 0 Å². The van der Waals surface area contributed by atoms with Gasteiger partial charge < -0.3 is 9.47 Å². The third-order valence-corrected chi connectivity index (χ3v) is 5.86. The van der Waals surface area contributed by atoms with E-state index in [9.17, 15) is 18.0 Å². The van der Waals surface area contributed by atoms with Gasteiger partial charge in [-0.3, -0.25) is 9.59 Å². The number of benzene rings is 1. The van der Waals surface area contributed by atoms with Gasteiger partial charge in [0.2, 0.25) is 15.8 Å². The number of carbonyl (C=O) groups is 2. The van der Waals surface area contributed by atoms with Crippen molar-refractivity contribution in [1.29, 1.82) is 0 Å². The topological polar surface area (TPSA) is 90.0 Å². The van der Waals surface area contributed by atoms with Crippen molar-refractivity contribution in [2.45, 2.75) is 25.9 Å². The molecule has 2 heterocycles. The number of ether oxygens (including phenoxy) is 2. The highest BCUT2D eigenvalue weighted by Crippen LogP contribution is 2.42. The molecule has 2 aliphatic heterocycles. The molecule has 1 aromatic carbocycles. The number of rotatable bonds is 3. The Bertz CT molecular complexity index is 829. The van der Waals surface area contributed by atoms with Crippen LogP contribution in [0.25, 0.3) is 0 Å². The zero-order valence-corrected chi connectivity index (χ0v) is 14.1. The van der Waals surface area contributed by atoms with E-state index >= 15 is 0 Å². The van der Waals surface area contributed by atoms with Crippen molar-refractivity contribution >= 4 is 21.8 Å². The first-order valence-corrected chi connectivity index (χ1v) is 9.09. The molecule has 0 bridgehead atoms. The number of carbonyl (C=O) groups excluding carboxylic acids is 2. The highest BCUT2D eigenvalue weighted by molar-refractivity contribution is 7.89. The molecule has 1 atom stereocenters. The van der Waals surface area contributed by atoms with Crippen molar-refractivity contribution < 1.29 is 27.5 Å². The van der Waals surface area contributed by atoms with Crippen LogP contribution in [0.4, 0.5) is 0 Å². The fourth-order valence-corrected chi connectivity index (χ4v) is 4.31. The van der Waals surface area contributed by atoms with Crippen LogP contribution in [-0.4, -0.2) is 36.8 Å². The number of ketones is 1. The number of sulfonamides is 1. The monoisotopic (exact) mass is 351 g/mol. The predicted molar refractivity (Wildman–Crippen MR) is 83.8 cm³/mol. The second kappa shape index (κ2) is 5.62. The minimum atomic E-state index is -3.59. The first-order valence-electron chi connectivity index (χ1n) is 7.48. The summed E-state index contributed by atoms with van der Waals surface area (Å²) in [6.07, 6.45) is 0.415. The van der Waals surface area contributed by atoms with Crippen LogP contribution in [0.3, 0.4) is 0 Å². The number of esters is 1. The lowest BCUT2D eigenvalue weighted by molar-refractivity contribution is -0.142. The maximum atomic E-state index is 12.9. The molecule has 2 aliphatic rings. The van der Waals surface area contributed by atoms with Crippen LogP contribution >= 0.6 is 0 Å². The zero-order chi connectivity index (χ0) is 17.5. The molecule has 128 valence electrons. The predicted octanol–water partition coefficient (Wildman–Crippen LogP) is 1.27. The largest absolute Gasteiger partial charge is 0.456 e. The highest BCUT2D eigenvalue weighted by atomic mass is 32.2. The molecule has 0 aromatic heterocycles. The standard InChI is InChI=1S/C16H17NO6S/c1-11(18)22-13-14(19)16(2,12-7-4-3-5-8-12)23-15(13)17-9-6-10-24(17,20)21/h3-5,7-8H,6,9-10H2,1-2H3. The van der Waals surface area contributed by atoms with E-state index < -0.39 is 27.4 Å². The first-order chi connectivity index (χ1) is 11.3. The molecule has 1 aromatic rings. The molecule has 1 unspecified atom stereocenters. The lowest BCUT2D eigenvalue weighted by atomic mass is 9.92.